The van der Waals surface area contributed by atoms with Crippen LogP contribution in [0.2, 0.25) is 5.02 Å². The molecule has 0 fully saturated rings. The maximum Gasteiger partial charge on any atom is 0.251 e. The predicted octanol–water partition coefficient (Wildman–Crippen LogP) is 1.99. The van der Waals surface area contributed by atoms with E-state index in [1.54, 1.807) is 10.9 Å². The van der Waals surface area contributed by atoms with Crippen LogP contribution >= 0.6 is 11.6 Å². The number of carbonyl (C=O) groups excluding carboxylic acids is 1. The molecule has 1 amide bonds. The molecule has 0 radical (unpaired) electrons. The molecule has 0 aliphatic carbocycles. The summed E-state index contributed by atoms with van der Waals surface area (Å²) in [6, 6.07) is 5.69. The Morgan fingerprint density at radius 1 is 1.53 bits per heavy atom. The summed E-state index contributed by atoms with van der Waals surface area (Å²) in [5.74, 6) is -0.473. The molecule has 1 aromatic heterocycles. The molecule has 0 aliphatic rings. The smallest absolute Gasteiger partial charge is 0.251 e. The van der Waals surface area contributed by atoms with Crippen LogP contribution in [0.5, 0.6) is 0 Å². The molecule has 0 unspecified atom stereocenters. The fraction of sp³-hybridized carbons (Fsp3) is 0.167. The van der Waals surface area contributed by atoms with E-state index < -0.39 is 5.91 Å². The summed E-state index contributed by atoms with van der Waals surface area (Å²) in [4.78, 5) is 10.9. The number of halogens is 1. The summed E-state index contributed by atoms with van der Waals surface area (Å²) < 4.78 is 1.67. The molecule has 0 aliphatic heterocycles. The van der Waals surface area contributed by atoms with Crippen LogP contribution in [-0.4, -0.2) is 15.7 Å². The highest BCUT2D eigenvalue weighted by Crippen LogP contribution is 2.16. The van der Waals surface area contributed by atoms with Gasteiger partial charge in [-0.1, -0.05) is 17.7 Å². The van der Waals surface area contributed by atoms with Crippen molar-refractivity contribution in [1.29, 1.82) is 0 Å². The Morgan fingerprint density at radius 3 is 2.94 bits per heavy atom. The topological polar surface area (TPSA) is 60.9 Å². The molecular weight excluding hydrogens is 238 g/mol. The zero-order valence-electron chi connectivity index (χ0n) is 9.35. The summed E-state index contributed by atoms with van der Waals surface area (Å²) in [5, 5.41) is 4.76. The molecule has 0 atom stereocenters. The highest BCUT2D eigenvalue weighted by Gasteiger charge is 2.06. The average Bonchev–Trinajstić information content (AvgIpc) is 2.72. The van der Waals surface area contributed by atoms with Crippen LogP contribution in [0.3, 0.4) is 0 Å². The molecule has 0 spiro atoms. The number of nitrogens with two attached hydrogens (primary N) is 1. The SMILES string of the molecule is Cc1ccc(Cl)cc1Cn1cc(C(N)=O)cn1. The Bertz CT molecular complexity index is 563. The van der Waals surface area contributed by atoms with Crippen LogP contribution in [0.15, 0.2) is 30.6 Å². The second-order valence-corrected chi connectivity index (χ2v) is 4.30. The lowest BCUT2D eigenvalue weighted by atomic mass is 10.1. The number of aromatic nitrogens is 2. The number of rotatable bonds is 3. The highest BCUT2D eigenvalue weighted by molar-refractivity contribution is 6.30. The Labute approximate surface area is 104 Å². The Hall–Kier alpha value is -1.81. The van der Waals surface area contributed by atoms with Gasteiger partial charge < -0.3 is 5.73 Å². The molecule has 17 heavy (non-hydrogen) atoms. The van der Waals surface area contributed by atoms with E-state index >= 15 is 0 Å². The summed E-state index contributed by atoms with van der Waals surface area (Å²) >= 11 is 5.93. The molecule has 2 rings (SSSR count). The first kappa shape index (κ1) is 11.7. The lowest BCUT2D eigenvalue weighted by molar-refractivity contribution is 0.1000. The van der Waals surface area contributed by atoms with Crippen LogP contribution in [0, 0.1) is 6.92 Å². The fourth-order valence-electron chi connectivity index (χ4n) is 1.56. The van der Waals surface area contributed by atoms with Crippen molar-refractivity contribution in [3.05, 3.63) is 52.3 Å². The fourth-order valence-corrected chi connectivity index (χ4v) is 1.76. The van der Waals surface area contributed by atoms with Gasteiger partial charge in [-0.05, 0) is 30.2 Å². The third-order valence-electron chi connectivity index (χ3n) is 2.56. The molecule has 0 saturated carbocycles. The average molecular weight is 250 g/mol. The van der Waals surface area contributed by atoms with Crippen molar-refractivity contribution in [3.63, 3.8) is 0 Å². The molecule has 1 aromatic carbocycles. The normalized spacial score (nSPS) is 10.5. The van der Waals surface area contributed by atoms with E-state index in [9.17, 15) is 4.79 Å². The molecule has 2 aromatic rings. The summed E-state index contributed by atoms with van der Waals surface area (Å²) in [6.07, 6.45) is 3.09. The van der Waals surface area contributed by atoms with Crippen molar-refractivity contribution in [2.45, 2.75) is 13.5 Å². The van der Waals surface area contributed by atoms with E-state index in [0.717, 1.165) is 11.1 Å². The van der Waals surface area contributed by atoms with Gasteiger partial charge in [-0.15, -0.1) is 0 Å². The van der Waals surface area contributed by atoms with Crippen LogP contribution < -0.4 is 5.73 Å². The molecule has 0 bridgehead atoms. The number of hydrogen-bond donors (Lipinski definition) is 1. The summed E-state index contributed by atoms with van der Waals surface area (Å²) in [6.45, 7) is 2.57. The minimum atomic E-state index is -0.473. The quantitative estimate of drug-likeness (QED) is 0.904. The third kappa shape index (κ3) is 2.65. The molecule has 0 saturated heterocycles. The van der Waals surface area contributed by atoms with Crippen LogP contribution in [0.1, 0.15) is 21.5 Å². The van der Waals surface area contributed by atoms with Gasteiger partial charge in [0.25, 0.3) is 5.91 Å². The first-order valence-corrected chi connectivity index (χ1v) is 5.51. The minimum Gasteiger partial charge on any atom is -0.366 e. The molecule has 88 valence electrons. The zero-order chi connectivity index (χ0) is 12.4. The number of aryl methyl sites for hydroxylation is 1. The number of nitrogens with zero attached hydrogens (tertiary/aromatic N) is 2. The largest absolute Gasteiger partial charge is 0.366 e. The van der Waals surface area contributed by atoms with Crippen molar-refractivity contribution in [2.75, 3.05) is 0 Å². The molecule has 1 heterocycles. The van der Waals surface area contributed by atoms with Crippen molar-refractivity contribution in [3.8, 4) is 0 Å². The van der Waals surface area contributed by atoms with Crippen LogP contribution in [0.25, 0.3) is 0 Å². The molecule has 2 N–H and O–H groups in total. The van der Waals surface area contributed by atoms with Gasteiger partial charge in [-0.25, -0.2) is 0 Å². The minimum absolute atomic E-state index is 0.407. The van der Waals surface area contributed by atoms with Crippen molar-refractivity contribution in [2.24, 2.45) is 5.73 Å². The van der Waals surface area contributed by atoms with Gasteiger partial charge in [0.15, 0.2) is 0 Å². The van der Waals surface area contributed by atoms with Gasteiger partial charge in [0.2, 0.25) is 0 Å². The first-order valence-electron chi connectivity index (χ1n) is 5.13. The maximum atomic E-state index is 10.9. The predicted molar refractivity (Wildman–Crippen MR) is 66.0 cm³/mol. The van der Waals surface area contributed by atoms with E-state index in [1.807, 2.05) is 25.1 Å². The van der Waals surface area contributed by atoms with Crippen LogP contribution in [0.4, 0.5) is 0 Å². The van der Waals surface area contributed by atoms with Crippen LogP contribution in [-0.2, 0) is 6.54 Å². The van der Waals surface area contributed by atoms with Crippen molar-refractivity contribution < 1.29 is 4.79 Å². The van der Waals surface area contributed by atoms with Gasteiger partial charge in [-0.2, -0.15) is 5.10 Å². The second-order valence-electron chi connectivity index (χ2n) is 3.86. The van der Waals surface area contributed by atoms with Gasteiger partial charge in [0, 0.05) is 11.2 Å². The van der Waals surface area contributed by atoms with Crippen molar-refractivity contribution >= 4 is 17.5 Å². The van der Waals surface area contributed by atoms with Gasteiger partial charge in [0.05, 0.1) is 18.3 Å². The van der Waals surface area contributed by atoms with Gasteiger partial charge in [-0.3, -0.25) is 9.48 Å². The van der Waals surface area contributed by atoms with E-state index in [4.69, 9.17) is 17.3 Å². The monoisotopic (exact) mass is 249 g/mol. The number of benzene rings is 1. The Balaban J connectivity index is 2.25. The molecular formula is C12H12ClN3O. The highest BCUT2D eigenvalue weighted by atomic mass is 35.5. The van der Waals surface area contributed by atoms with Crippen molar-refractivity contribution in [1.82, 2.24) is 9.78 Å². The molecule has 4 nitrogen and oxygen atoms in total. The number of primary amides is 1. The zero-order valence-corrected chi connectivity index (χ0v) is 10.1. The second kappa shape index (κ2) is 4.59. The summed E-state index contributed by atoms with van der Waals surface area (Å²) in [7, 11) is 0. The number of hydrogen-bond acceptors (Lipinski definition) is 2. The van der Waals surface area contributed by atoms with E-state index in [2.05, 4.69) is 5.10 Å². The Morgan fingerprint density at radius 2 is 2.29 bits per heavy atom. The van der Waals surface area contributed by atoms with E-state index in [0.29, 0.717) is 17.1 Å². The van der Waals surface area contributed by atoms with E-state index in [-0.39, 0.29) is 0 Å². The standard InChI is InChI=1S/C12H12ClN3O/c1-8-2-3-11(13)4-9(8)6-16-7-10(5-15-16)12(14)17/h2-5,7H,6H2,1H3,(H2,14,17). The lowest BCUT2D eigenvalue weighted by Crippen LogP contribution is -2.09. The molecule has 5 heteroatoms. The van der Waals surface area contributed by atoms with Gasteiger partial charge in [0.1, 0.15) is 0 Å². The van der Waals surface area contributed by atoms with Gasteiger partial charge >= 0.3 is 0 Å². The lowest BCUT2D eigenvalue weighted by Gasteiger charge is -2.06. The van der Waals surface area contributed by atoms with E-state index in [1.165, 1.54) is 6.20 Å². The third-order valence-corrected chi connectivity index (χ3v) is 2.80. The number of amides is 1. The first-order chi connectivity index (χ1) is 8.06. The maximum absolute atomic E-state index is 10.9. The number of carbonyl (C=O) groups is 1. The Kier molecular flexibility index (Phi) is 3.15. The summed E-state index contributed by atoms with van der Waals surface area (Å²) in [5.41, 5.74) is 7.76.